The highest BCUT2D eigenvalue weighted by Gasteiger charge is 2.28. The Balaban J connectivity index is 1.95. The smallest absolute Gasteiger partial charge is 0.276 e. The Kier molecular flexibility index (Phi) is 3.58. The summed E-state index contributed by atoms with van der Waals surface area (Å²) in [6, 6.07) is 16.6. The Bertz CT molecular complexity index is 713. The first-order valence-corrected chi connectivity index (χ1v) is 7.25. The van der Waals surface area contributed by atoms with Crippen LogP contribution in [0, 0.1) is 0 Å². The minimum absolute atomic E-state index is 0.000260. The lowest BCUT2D eigenvalue weighted by molar-refractivity contribution is -0.113. The van der Waals surface area contributed by atoms with Gasteiger partial charge in [0, 0.05) is 23.2 Å². The summed E-state index contributed by atoms with van der Waals surface area (Å²) < 4.78 is 1.68. The van der Waals surface area contributed by atoms with E-state index in [0.29, 0.717) is 11.3 Å². The number of amides is 1. The second-order valence-electron chi connectivity index (χ2n) is 4.60. The van der Waals surface area contributed by atoms with Crippen LogP contribution in [0.2, 0.25) is 0 Å². The first-order valence-electron chi connectivity index (χ1n) is 6.47. The number of benzene rings is 2. The fraction of sp³-hybridized carbons (Fsp3) is 0.0625. The molecule has 4 nitrogen and oxygen atoms in total. The van der Waals surface area contributed by atoms with Gasteiger partial charge in [-0.25, -0.2) is 0 Å². The number of aliphatic hydroxyl groups excluding tert-OH is 1. The largest absolute Gasteiger partial charge is 0.505 e. The van der Waals surface area contributed by atoms with E-state index >= 15 is 0 Å². The van der Waals surface area contributed by atoms with E-state index in [1.165, 1.54) is 11.9 Å². The number of nitrogens with one attached hydrogen (secondary N) is 1. The van der Waals surface area contributed by atoms with Gasteiger partial charge < -0.3 is 14.7 Å². The Hall–Kier alpha value is -2.40. The highest BCUT2D eigenvalue weighted by atomic mass is 32.2. The molecular weight excluding hydrogens is 284 g/mol. The lowest BCUT2D eigenvalue weighted by Gasteiger charge is -2.27. The molecule has 3 rings (SSSR count). The zero-order valence-corrected chi connectivity index (χ0v) is 12.2. The molecule has 0 radical (unpaired) electrons. The summed E-state index contributed by atoms with van der Waals surface area (Å²) in [7, 11) is 1.76. The number of hydrogen-bond donors (Lipinski definition) is 2. The van der Waals surface area contributed by atoms with Crippen molar-refractivity contribution in [1.82, 2.24) is 4.31 Å². The van der Waals surface area contributed by atoms with Crippen molar-refractivity contribution in [2.75, 3.05) is 12.4 Å². The van der Waals surface area contributed by atoms with Gasteiger partial charge in [0.25, 0.3) is 5.91 Å². The number of aliphatic hydroxyl groups is 1. The Morgan fingerprint density at radius 1 is 1.10 bits per heavy atom. The van der Waals surface area contributed by atoms with Crippen LogP contribution in [0.15, 0.2) is 65.2 Å². The molecule has 106 valence electrons. The predicted octanol–water partition coefficient (Wildman–Crippen LogP) is 3.50. The van der Waals surface area contributed by atoms with Crippen molar-refractivity contribution in [2.24, 2.45) is 0 Å². The van der Waals surface area contributed by atoms with Crippen molar-refractivity contribution in [3.8, 4) is 0 Å². The molecule has 0 atom stereocenters. The van der Waals surface area contributed by atoms with Gasteiger partial charge in [0.15, 0.2) is 11.5 Å². The van der Waals surface area contributed by atoms with Crippen LogP contribution in [0.5, 0.6) is 0 Å². The third-order valence-electron chi connectivity index (χ3n) is 3.16. The molecular formula is C16H14N2O2S. The summed E-state index contributed by atoms with van der Waals surface area (Å²) in [6.45, 7) is 0. The molecule has 0 fully saturated rings. The maximum absolute atomic E-state index is 12.4. The molecule has 1 amide bonds. The van der Waals surface area contributed by atoms with Gasteiger partial charge in [-0.05, 0) is 36.2 Å². The maximum Gasteiger partial charge on any atom is 0.276 e. The minimum atomic E-state index is -0.330. The normalized spacial score (nSPS) is 13.9. The Morgan fingerprint density at radius 2 is 1.76 bits per heavy atom. The molecule has 0 saturated carbocycles. The zero-order chi connectivity index (χ0) is 14.8. The summed E-state index contributed by atoms with van der Waals surface area (Å²) in [4.78, 5) is 13.3. The molecule has 0 aromatic heterocycles. The van der Waals surface area contributed by atoms with Crippen LogP contribution in [0.1, 0.15) is 5.56 Å². The Labute approximate surface area is 127 Å². The van der Waals surface area contributed by atoms with Crippen LogP contribution in [-0.4, -0.2) is 22.4 Å². The number of carbonyl (C=O) groups is 1. The zero-order valence-electron chi connectivity index (χ0n) is 11.4. The number of rotatable bonds is 2. The quantitative estimate of drug-likeness (QED) is 0.833. The van der Waals surface area contributed by atoms with Crippen LogP contribution in [0.3, 0.4) is 0 Å². The molecule has 1 heterocycles. The molecule has 5 heteroatoms. The summed E-state index contributed by atoms with van der Waals surface area (Å²) in [6.07, 6.45) is 0. The molecule has 1 aliphatic rings. The van der Waals surface area contributed by atoms with Gasteiger partial charge in [-0.15, -0.1) is 0 Å². The molecule has 1 aliphatic heterocycles. The molecule has 0 bridgehead atoms. The average molecular weight is 298 g/mol. The van der Waals surface area contributed by atoms with Crippen molar-refractivity contribution in [3.63, 3.8) is 0 Å². The average Bonchev–Trinajstić information content (AvgIpc) is 2.48. The van der Waals surface area contributed by atoms with E-state index in [1.807, 2.05) is 36.4 Å². The lowest BCUT2D eigenvalue weighted by atomic mass is 10.1. The van der Waals surface area contributed by atoms with Crippen LogP contribution in [0.25, 0.3) is 5.76 Å². The minimum Gasteiger partial charge on any atom is -0.505 e. The van der Waals surface area contributed by atoms with Crippen molar-refractivity contribution in [3.05, 3.63) is 65.9 Å². The number of para-hydroxylation sites is 1. The fourth-order valence-electron chi connectivity index (χ4n) is 2.17. The lowest BCUT2D eigenvalue weighted by Crippen LogP contribution is -2.27. The van der Waals surface area contributed by atoms with Gasteiger partial charge in [0.1, 0.15) is 0 Å². The fourth-order valence-corrected chi connectivity index (χ4v) is 3.13. The molecule has 0 unspecified atom stereocenters. The van der Waals surface area contributed by atoms with Crippen LogP contribution in [0.4, 0.5) is 5.69 Å². The Morgan fingerprint density at radius 3 is 2.52 bits per heavy atom. The number of nitrogens with zero attached hydrogens (tertiary/aromatic N) is 1. The summed E-state index contributed by atoms with van der Waals surface area (Å²) in [5.74, 6) is -0.330. The second-order valence-corrected chi connectivity index (χ2v) is 5.77. The van der Waals surface area contributed by atoms with Gasteiger partial charge in [-0.2, -0.15) is 0 Å². The van der Waals surface area contributed by atoms with Crippen molar-refractivity contribution < 1.29 is 9.90 Å². The molecule has 0 aliphatic carbocycles. The highest BCUT2D eigenvalue weighted by molar-refractivity contribution is 7.97. The summed E-state index contributed by atoms with van der Waals surface area (Å²) >= 11 is 1.42. The van der Waals surface area contributed by atoms with E-state index in [-0.39, 0.29) is 17.4 Å². The highest BCUT2D eigenvalue weighted by Crippen LogP contribution is 2.38. The second kappa shape index (κ2) is 5.54. The standard InChI is InChI=1S/C16H14N2O2S/c1-18-14(16(20)17-11-7-3-2-4-8-11)15(19)12-9-5-6-10-13(12)21-18/h2-10,19H,1H3,(H,17,20). The monoisotopic (exact) mass is 298 g/mol. The number of likely N-dealkylation sites (N-methyl/N-ethyl adjacent to an activating group) is 1. The SMILES string of the molecule is CN1Sc2ccccc2C(O)=C1C(=O)Nc1ccccc1. The van der Waals surface area contributed by atoms with Gasteiger partial charge >= 0.3 is 0 Å². The first-order chi connectivity index (χ1) is 10.2. The van der Waals surface area contributed by atoms with Crippen molar-refractivity contribution in [2.45, 2.75) is 4.90 Å². The maximum atomic E-state index is 12.4. The van der Waals surface area contributed by atoms with Crippen molar-refractivity contribution >= 4 is 29.3 Å². The van der Waals surface area contributed by atoms with Gasteiger partial charge in [-0.3, -0.25) is 4.79 Å². The van der Waals surface area contributed by atoms with E-state index in [9.17, 15) is 9.90 Å². The van der Waals surface area contributed by atoms with Gasteiger partial charge in [-0.1, -0.05) is 30.3 Å². The molecule has 2 aromatic carbocycles. The molecule has 2 N–H and O–H groups in total. The van der Waals surface area contributed by atoms with E-state index in [0.717, 1.165) is 4.90 Å². The van der Waals surface area contributed by atoms with E-state index in [4.69, 9.17) is 0 Å². The number of anilines is 1. The number of carbonyl (C=O) groups excluding carboxylic acids is 1. The van der Waals surface area contributed by atoms with Gasteiger partial charge in [0.2, 0.25) is 0 Å². The van der Waals surface area contributed by atoms with Crippen molar-refractivity contribution in [1.29, 1.82) is 0 Å². The third-order valence-corrected chi connectivity index (χ3v) is 4.17. The third kappa shape index (κ3) is 2.60. The molecule has 2 aromatic rings. The molecule has 0 spiro atoms. The first kappa shape index (κ1) is 13.6. The summed E-state index contributed by atoms with van der Waals surface area (Å²) in [5, 5.41) is 13.2. The molecule has 21 heavy (non-hydrogen) atoms. The van der Waals surface area contributed by atoms with Gasteiger partial charge in [0.05, 0.1) is 0 Å². The number of fused-ring (bicyclic) bond motifs is 1. The predicted molar refractivity (Wildman–Crippen MR) is 84.7 cm³/mol. The van der Waals surface area contributed by atoms with Crippen LogP contribution >= 0.6 is 11.9 Å². The van der Waals surface area contributed by atoms with Crippen LogP contribution < -0.4 is 5.32 Å². The number of hydrogen-bond acceptors (Lipinski definition) is 4. The topological polar surface area (TPSA) is 52.6 Å². The molecule has 0 saturated heterocycles. The van der Waals surface area contributed by atoms with E-state index in [2.05, 4.69) is 5.32 Å². The van der Waals surface area contributed by atoms with E-state index in [1.54, 1.807) is 29.6 Å². The summed E-state index contributed by atoms with van der Waals surface area (Å²) in [5.41, 5.74) is 1.63. The van der Waals surface area contributed by atoms with Crippen LogP contribution in [-0.2, 0) is 4.79 Å². The van der Waals surface area contributed by atoms with E-state index < -0.39 is 0 Å².